The Hall–Kier alpha value is -0.500. The number of aryl methyl sites for hydroxylation is 1. The summed E-state index contributed by atoms with van der Waals surface area (Å²) in [4.78, 5) is 0. The molecule has 0 radical (unpaired) electrons. The highest BCUT2D eigenvalue weighted by Crippen LogP contribution is 2.35. The summed E-state index contributed by atoms with van der Waals surface area (Å²) < 4.78 is 0. The summed E-state index contributed by atoms with van der Waals surface area (Å²) in [6, 6.07) is 4.16. The third-order valence-electron chi connectivity index (χ3n) is 2.59. The number of phenolic OH excluding ortho intramolecular Hbond substituents is 1. The number of rotatable bonds is 2. The molecule has 1 nitrogen and oxygen atoms in total. The van der Waals surface area contributed by atoms with E-state index in [2.05, 4.69) is 55.8 Å². The van der Waals surface area contributed by atoms with Gasteiger partial charge in [-0.15, -0.1) is 0 Å². The van der Waals surface area contributed by atoms with Gasteiger partial charge in [-0.3, -0.25) is 0 Å². The van der Waals surface area contributed by atoms with E-state index in [0.29, 0.717) is 5.75 Å². The fourth-order valence-corrected chi connectivity index (χ4v) is 2.00. The van der Waals surface area contributed by atoms with Crippen LogP contribution < -0.4 is 0 Å². The van der Waals surface area contributed by atoms with E-state index < -0.39 is 0 Å². The number of phenols is 1. The van der Waals surface area contributed by atoms with Crippen LogP contribution in [0.3, 0.4) is 0 Å². The number of aromatic hydroxyl groups is 1. The first-order valence-electron chi connectivity index (χ1n) is 5.31. The van der Waals surface area contributed by atoms with Gasteiger partial charge in [0, 0.05) is 5.33 Å². The summed E-state index contributed by atoms with van der Waals surface area (Å²) in [6.07, 6.45) is 0.871. The normalized spacial score (nSPS) is 11.8. The van der Waals surface area contributed by atoms with Gasteiger partial charge in [-0.25, -0.2) is 0 Å². The van der Waals surface area contributed by atoms with Gasteiger partial charge in [0.05, 0.1) is 0 Å². The lowest BCUT2D eigenvalue weighted by Gasteiger charge is -2.23. The highest BCUT2D eigenvalue weighted by atomic mass is 79.9. The van der Waals surface area contributed by atoms with E-state index in [1.54, 1.807) is 0 Å². The predicted octanol–water partition coefficient (Wildman–Crippen LogP) is 4.15. The first kappa shape index (κ1) is 12.6. The van der Waals surface area contributed by atoms with Crippen molar-refractivity contribution >= 4 is 15.9 Å². The van der Waals surface area contributed by atoms with Crippen molar-refractivity contribution < 1.29 is 5.11 Å². The standard InChI is InChI=1S/C13H19BrO/c1-5-10-6-9(8-14)7-11(12(10)15)13(2,3)4/h6-7,15H,5,8H2,1-4H3. The van der Waals surface area contributed by atoms with E-state index in [0.717, 1.165) is 22.9 Å². The van der Waals surface area contributed by atoms with Crippen LogP contribution in [0.2, 0.25) is 0 Å². The zero-order valence-electron chi connectivity index (χ0n) is 9.89. The van der Waals surface area contributed by atoms with Crippen molar-refractivity contribution in [3.05, 3.63) is 28.8 Å². The molecular formula is C13H19BrO. The second kappa shape index (κ2) is 4.56. The van der Waals surface area contributed by atoms with Crippen LogP contribution in [0.25, 0.3) is 0 Å². The van der Waals surface area contributed by atoms with Gasteiger partial charge < -0.3 is 5.11 Å². The molecule has 0 aliphatic heterocycles. The highest BCUT2D eigenvalue weighted by molar-refractivity contribution is 9.08. The third kappa shape index (κ3) is 2.75. The summed E-state index contributed by atoms with van der Waals surface area (Å²) >= 11 is 3.46. The number of halogens is 1. The SMILES string of the molecule is CCc1cc(CBr)cc(C(C)(C)C)c1O. The van der Waals surface area contributed by atoms with Crippen molar-refractivity contribution in [1.82, 2.24) is 0 Å². The fraction of sp³-hybridized carbons (Fsp3) is 0.538. The van der Waals surface area contributed by atoms with E-state index in [4.69, 9.17) is 0 Å². The monoisotopic (exact) mass is 270 g/mol. The van der Waals surface area contributed by atoms with Gasteiger partial charge in [0.25, 0.3) is 0 Å². The second-order valence-corrected chi connectivity index (χ2v) is 5.45. The molecule has 0 fully saturated rings. The van der Waals surface area contributed by atoms with Crippen LogP contribution in [0.1, 0.15) is 44.4 Å². The quantitative estimate of drug-likeness (QED) is 0.801. The first-order chi connectivity index (χ1) is 6.90. The van der Waals surface area contributed by atoms with E-state index in [9.17, 15) is 5.11 Å². The Morgan fingerprint density at radius 2 is 1.87 bits per heavy atom. The Morgan fingerprint density at radius 1 is 1.27 bits per heavy atom. The molecule has 0 unspecified atom stereocenters. The lowest BCUT2D eigenvalue weighted by atomic mass is 9.84. The van der Waals surface area contributed by atoms with Crippen LogP contribution in [0.5, 0.6) is 5.75 Å². The highest BCUT2D eigenvalue weighted by Gasteiger charge is 2.20. The van der Waals surface area contributed by atoms with Gasteiger partial charge in [0.15, 0.2) is 0 Å². The summed E-state index contributed by atoms with van der Waals surface area (Å²) in [5.74, 6) is 0.467. The molecule has 0 saturated carbocycles. The van der Waals surface area contributed by atoms with Crippen LogP contribution in [0.4, 0.5) is 0 Å². The molecule has 0 saturated heterocycles. The minimum atomic E-state index is -0.00775. The van der Waals surface area contributed by atoms with Crippen molar-refractivity contribution in [2.24, 2.45) is 0 Å². The summed E-state index contributed by atoms with van der Waals surface area (Å²) in [5, 5.41) is 11.0. The number of benzene rings is 1. The third-order valence-corrected chi connectivity index (χ3v) is 3.24. The molecule has 1 aromatic carbocycles. The molecule has 0 spiro atoms. The van der Waals surface area contributed by atoms with Crippen LogP contribution in [-0.2, 0) is 17.2 Å². The summed E-state index contributed by atoms with van der Waals surface area (Å²) in [7, 11) is 0. The molecule has 1 N–H and O–H groups in total. The van der Waals surface area contributed by atoms with Crippen LogP contribution in [-0.4, -0.2) is 5.11 Å². The molecule has 2 heteroatoms. The maximum atomic E-state index is 10.1. The summed E-state index contributed by atoms with van der Waals surface area (Å²) in [5.41, 5.74) is 3.30. The molecule has 15 heavy (non-hydrogen) atoms. The molecular weight excluding hydrogens is 252 g/mol. The molecule has 1 rings (SSSR count). The number of hydrogen-bond acceptors (Lipinski definition) is 1. The molecule has 0 amide bonds. The minimum absolute atomic E-state index is 0.00775. The molecule has 0 aliphatic rings. The maximum absolute atomic E-state index is 10.1. The van der Waals surface area contributed by atoms with Gasteiger partial charge >= 0.3 is 0 Å². The van der Waals surface area contributed by atoms with Crippen molar-refractivity contribution in [2.45, 2.75) is 44.9 Å². The summed E-state index contributed by atoms with van der Waals surface area (Å²) in [6.45, 7) is 8.44. The van der Waals surface area contributed by atoms with E-state index >= 15 is 0 Å². The Bertz CT molecular complexity index is 350. The van der Waals surface area contributed by atoms with E-state index in [1.165, 1.54) is 5.56 Å². The molecule has 0 bridgehead atoms. The Morgan fingerprint density at radius 3 is 2.27 bits per heavy atom. The average Bonchev–Trinajstić information content (AvgIpc) is 2.16. The van der Waals surface area contributed by atoms with Crippen molar-refractivity contribution in [2.75, 3.05) is 0 Å². The zero-order valence-corrected chi connectivity index (χ0v) is 11.5. The van der Waals surface area contributed by atoms with Crippen LogP contribution in [0, 0.1) is 0 Å². The molecule has 0 atom stereocenters. The van der Waals surface area contributed by atoms with Crippen LogP contribution in [0.15, 0.2) is 12.1 Å². The van der Waals surface area contributed by atoms with Crippen molar-refractivity contribution in [3.8, 4) is 5.75 Å². The van der Waals surface area contributed by atoms with Gasteiger partial charge in [-0.1, -0.05) is 55.8 Å². The minimum Gasteiger partial charge on any atom is -0.507 e. The van der Waals surface area contributed by atoms with Gasteiger partial charge in [0.1, 0.15) is 5.75 Å². The van der Waals surface area contributed by atoms with Gasteiger partial charge in [0.2, 0.25) is 0 Å². The van der Waals surface area contributed by atoms with Gasteiger partial charge in [-0.05, 0) is 28.5 Å². The Labute approximate surface area is 101 Å². The molecule has 0 aromatic heterocycles. The van der Waals surface area contributed by atoms with E-state index in [1.807, 2.05) is 0 Å². The number of alkyl halides is 1. The van der Waals surface area contributed by atoms with Gasteiger partial charge in [-0.2, -0.15) is 0 Å². The molecule has 1 aromatic rings. The maximum Gasteiger partial charge on any atom is 0.122 e. The lowest BCUT2D eigenvalue weighted by molar-refractivity contribution is 0.440. The second-order valence-electron chi connectivity index (χ2n) is 4.89. The zero-order chi connectivity index (χ0) is 11.6. The predicted molar refractivity (Wildman–Crippen MR) is 68.8 cm³/mol. The number of hydrogen-bond donors (Lipinski definition) is 1. The van der Waals surface area contributed by atoms with Crippen LogP contribution >= 0.6 is 15.9 Å². The average molecular weight is 271 g/mol. The molecule has 84 valence electrons. The largest absolute Gasteiger partial charge is 0.507 e. The smallest absolute Gasteiger partial charge is 0.122 e. The Kier molecular flexibility index (Phi) is 3.82. The first-order valence-corrected chi connectivity index (χ1v) is 6.43. The molecule has 0 heterocycles. The van der Waals surface area contributed by atoms with Crippen molar-refractivity contribution in [1.29, 1.82) is 0 Å². The van der Waals surface area contributed by atoms with E-state index in [-0.39, 0.29) is 5.41 Å². The lowest BCUT2D eigenvalue weighted by Crippen LogP contribution is -2.12. The van der Waals surface area contributed by atoms with Crippen molar-refractivity contribution in [3.63, 3.8) is 0 Å². The fourth-order valence-electron chi connectivity index (χ4n) is 1.68. The Balaban J connectivity index is 3.37. The topological polar surface area (TPSA) is 20.2 Å². The molecule has 0 aliphatic carbocycles.